The molecule has 7 nitrogen and oxygen atoms in total. The van der Waals surface area contributed by atoms with Crippen LogP contribution in [0.3, 0.4) is 0 Å². The van der Waals surface area contributed by atoms with Crippen LogP contribution in [0.5, 0.6) is 5.75 Å². The molecule has 1 aromatic heterocycles. The van der Waals surface area contributed by atoms with Gasteiger partial charge in [-0.1, -0.05) is 6.07 Å². The van der Waals surface area contributed by atoms with Crippen molar-refractivity contribution >= 4 is 5.91 Å². The number of nitrogens with one attached hydrogen (secondary N) is 1. The van der Waals surface area contributed by atoms with Crippen LogP contribution in [0.2, 0.25) is 0 Å². The summed E-state index contributed by atoms with van der Waals surface area (Å²) in [4.78, 5) is 17.4. The Balaban J connectivity index is 1.47. The van der Waals surface area contributed by atoms with Gasteiger partial charge in [0, 0.05) is 51.5 Å². The summed E-state index contributed by atoms with van der Waals surface area (Å²) in [6.45, 7) is 7.82. The number of methoxy groups -OCH3 is 1. The zero-order chi connectivity index (χ0) is 18.8. The number of hydrogen-bond acceptors (Lipinski definition) is 5. The number of rotatable bonds is 4. The van der Waals surface area contributed by atoms with Gasteiger partial charge in [-0.2, -0.15) is 5.10 Å². The zero-order valence-corrected chi connectivity index (χ0v) is 16.0. The topological polar surface area (TPSA) is 62.6 Å². The fraction of sp³-hybridized carbons (Fsp3) is 0.500. The lowest BCUT2D eigenvalue weighted by Crippen LogP contribution is -2.49. The van der Waals surface area contributed by atoms with E-state index < -0.39 is 0 Å². The van der Waals surface area contributed by atoms with Crippen LogP contribution < -0.4 is 10.1 Å². The van der Waals surface area contributed by atoms with Gasteiger partial charge in [0.05, 0.1) is 7.11 Å². The van der Waals surface area contributed by atoms with Crippen molar-refractivity contribution < 1.29 is 9.53 Å². The Labute approximate surface area is 159 Å². The number of nitrogens with zero attached hydrogens (tertiary/aromatic N) is 4. The number of benzene rings is 1. The molecule has 2 saturated heterocycles. The molecule has 2 fully saturated rings. The summed E-state index contributed by atoms with van der Waals surface area (Å²) in [5.41, 5.74) is 2.45. The minimum absolute atomic E-state index is 0.0120. The molecule has 1 amide bonds. The van der Waals surface area contributed by atoms with E-state index in [0.717, 1.165) is 62.7 Å². The minimum Gasteiger partial charge on any atom is -0.494 e. The van der Waals surface area contributed by atoms with Gasteiger partial charge in [0.25, 0.3) is 5.91 Å². The smallest absolute Gasteiger partial charge is 0.274 e. The van der Waals surface area contributed by atoms with Crippen molar-refractivity contribution in [1.29, 1.82) is 0 Å². The average Bonchev–Trinajstić information content (AvgIpc) is 3.38. The number of amides is 1. The van der Waals surface area contributed by atoms with Crippen LogP contribution in [-0.4, -0.2) is 77.9 Å². The Morgan fingerprint density at radius 3 is 2.81 bits per heavy atom. The molecule has 1 unspecified atom stereocenters. The average molecular weight is 369 g/mol. The second-order valence-corrected chi connectivity index (χ2v) is 7.30. The first-order valence-corrected chi connectivity index (χ1v) is 9.60. The summed E-state index contributed by atoms with van der Waals surface area (Å²) in [7, 11) is 1.64. The molecule has 4 rings (SSSR count). The zero-order valence-electron chi connectivity index (χ0n) is 16.0. The predicted molar refractivity (Wildman–Crippen MR) is 104 cm³/mol. The lowest BCUT2D eigenvalue weighted by Gasteiger charge is -2.32. The normalized spacial score (nSPS) is 20.8. The number of hydrogen-bond donors (Lipinski definition) is 1. The first-order chi connectivity index (χ1) is 13.2. The highest BCUT2D eigenvalue weighted by Gasteiger charge is 2.32. The molecule has 27 heavy (non-hydrogen) atoms. The number of likely N-dealkylation sites (tertiary alicyclic amines) is 1. The lowest BCUT2D eigenvalue weighted by molar-refractivity contribution is 0.0767. The summed E-state index contributed by atoms with van der Waals surface area (Å²) >= 11 is 0. The molecule has 1 aromatic carbocycles. The van der Waals surface area contributed by atoms with E-state index in [1.54, 1.807) is 17.9 Å². The van der Waals surface area contributed by atoms with Gasteiger partial charge >= 0.3 is 0 Å². The van der Waals surface area contributed by atoms with Crippen LogP contribution >= 0.6 is 0 Å². The maximum atomic E-state index is 12.9. The maximum absolute atomic E-state index is 12.9. The van der Waals surface area contributed by atoms with Crippen molar-refractivity contribution in [2.24, 2.45) is 0 Å². The molecule has 2 aromatic rings. The number of piperazine rings is 1. The summed E-state index contributed by atoms with van der Waals surface area (Å²) in [5, 5.41) is 7.92. The molecule has 0 saturated carbocycles. The Morgan fingerprint density at radius 2 is 2.04 bits per heavy atom. The summed E-state index contributed by atoms with van der Waals surface area (Å²) in [5.74, 6) is 0.751. The van der Waals surface area contributed by atoms with Crippen LogP contribution in [0.15, 0.2) is 30.5 Å². The van der Waals surface area contributed by atoms with E-state index in [2.05, 4.69) is 15.3 Å². The van der Waals surface area contributed by atoms with Gasteiger partial charge in [-0.25, -0.2) is 4.68 Å². The van der Waals surface area contributed by atoms with Crippen LogP contribution in [0.25, 0.3) is 5.69 Å². The molecular formula is C20H27N5O2. The number of aromatic nitrogens is 2. The molecule has 0 bridgehead atoms. The fourth-order valence-electron chi connectivity index (χ4n) is 3.98. The number of aryl methyl sites for hydroxylation is 1. The Kier molecular flexibility index (Phi) is 5.13. The van der Waals surface area contributed by atoms with Gasteiger partial charge in [-0.15, -0.1) is 0 Å². The molecule has 0 radical (unpaired) electrons. The van der Waals surface area contributed by atoms with Gasteiger partial charge < -0.3 is 15.0 Å². The highest BCUT2D eigenvalue weighted by Crippen LogP contribution is 2.24. The van der Waals surface area contributed by atoms with Crippen molar-refractivity contribution in [1.82, 2.24) is 24.9 Å². The van der Waals surface area contributed by atoms with Crippen molar-refractivity contribution in [2.75, 3.05) is 46.4 Å². The third-order valence-corrected chi connectivity index (χ3v) is 5.51. The molecule has 1 N–H and O–H groups in total. The number of carbonyl (C=O) groups excluding carboxylic acids is 1. The first-order valence-electron chi connectivity index (χ1n) is 9.60. The van der Waals surface area contributed by atoms with E-state index in [0.29, 0.717) is 11.7 Å². The molecule has 2 aliphatic heterocycles. The number of ether oxygens (including phenoxy) is 1. The second kappa shape index (κ2) is 7.70. The summed E-state index contributed by atoms with van der Waals surface area (Å²) < 4.78 is 7.16. The van der Waals surface area contributed by atoms with Crippen molar-refractivity contribution in [2.45, 2.75) is 19.4 Å². The highest BCUT2D eigenvalue weighted by atomic mass is 16.5. The van der Waals surface area contributed by atoms with Gasteiger partial charge in [0.1, 0.15) is 11.4 Å². The quantitative estimate of drug-likeness (QED) is 0.880. The van der Waals surface area contributed by atoms with Gasteiger partial charge in [0.2, 0.25) is 0 Å². The molecule has 7 heteroatoms. The van der Waals surface area contributed by atoms with E-state index >= 15 is 0 Å². The van der Waals surface area contributed by atoms with E-state index in [-0.39, 0.29) is 5.91 Å². The van der Waals surface area contributed by atoms with E-state index in [4.69, 9.17) is 4.74 Å². The second-order valence-electron chi connectivity index (χ2n) is 7.30. The summed E-state index contributed by atoms with van der Waals surface area (Å²) in [6, 6.07) is 8.19. The molecule has 1 atom stereocenters. The van der Waals surface area contributed by atoms with E-state index in [1.165, 1.54) is 0 Å². The third kappa shape index (κ3) is 3.70. The third-order valence-electron chi connectivity index (χ3n) is 5.51. The Hall–Kier alpha value is -2.38. The van der Waals surface area contributed by atoms with E-state index in [1.807, 2.05) is 36.2 Å². The van der Waals surface area contributed by atoms with Gasteiger partial charge in [-0.3, -0.25) is 9.69 Å². The van der Waals surface area contributed by atoms with Crippen molar-refractivity contribution in [3.05, 3.63) is 41.7 Å². The monoisotopic (exact) mass is 369 g/mol. The van der Waals surface area contributed by atoms with Crippen LogP contribution in [0.1, 0.15) is 22.5 Å². The standard InChI is InChI=1S/C20H27N5O2/c1-15-3-4-19(27-2)18(13-15)25-10-6-17(22-25)20(26)24-9-5-16(14-24)23-11-7-21-8-12-23/h3-4,6,10,13,16,21H,5,7-9,11-12,14H2,1-2H3. The molecule has 144 valence electrons. The molecular weight excluding hydrogens is 342 g/mol. The Bertz CT molecular complexity index is 812. The lowest BCUT2D eigenvalue weighted by atomic mass is 10.2. The fourth-order valence-corrected chi connectivity index (χ4v) is 3.98. The first kappa shape index (κ1) is 18.0. The largest absolute Gasteiger partial charge is 0.494 e. The molecule has 3 heterocycles. The summed E-state index contributed by atoms with van der Waals surface area (Å²) in [6.07, 6.45) is 2.87. The van der Waals surface area contributed by atoms with Crippen LogP contribution in [0.4, 0.5) is 0 Å². The van der Waals surface area contributed by atoms with Crippen LogP contribution in [-0.2, 0) is 0 Å². The van der Waals surface area contributed by atoms with E-state index in [9.17, 15) is 4.79 Å². The van der Waals surface area contributed by atoms with Crippen LogP contribution in [0, 0.1) is 6.92 Å². The maximum Gasteiger partial charge on any atom is 0.274 e. The van der Waals surface area contributed by atoms with Gasteiger partial charge in [-0.05, 0) is 37.1 Å². The molecule has 0 spiro atoms. The van der Waals surface area contributed by atoms with Gasteiger partial charge in [0.15, 0.2) is 5.69 Å². The van der Waals surface area contributed by atoms with Crippen molar-refractivity contribution in [3.8, 4) is 11.4 Å². The molecule has 0 aliphatic carbocycles. The minimum atomic E-state index is 0.0120. The molecule has 2 aliphatic rings. The highest BCUT2D eigenvalue weighted by molar-refractivity contribution is 5.92. The predicted octanol–water partition coefficient (Wildman–Crippen LogP) is 1.31. The number of carbonyl (C=O) groups is 1. The Morgan fingerprint density at radius 1 is 1.22 bits per heavy atom. The van der Waals surface area contributed by atoms with Crippen molar-refractivity contribution in [3.63, 3.8) is 0 Å². The SMILES string of the molecule is COc1ccc(C)cc1-n1ccc(C(=O)N2CCC(N3CCNCC3)C2)n1.